The minimum atomic E-state index is -0.0287. The first-order valence-electron chi connectivity index (χ1n) is 8.48. The molecule has 1 N–H and O–H groups in total. The van der Waals surface area contributed by atoms with Crippen molar-refractivity contribution in [3.63, 3.8) is 0 Å². The van der Waals surface area contributed by atoms with Crippen molar-refractivity contribution in [2.75, 3.05) is 19.8 Å². The fourth-order valence-corrected chi connectivity index (χ4v) is 4.06. The van der Waals surface area contributed by atoms with Crippen LogP contribution >= 0.6 is 0 Å². The second-order valence-electron chi connectivity index (χ2n) is 6.86. The summed E-state index contributed by atoms with van der Waals surface area (Å²) in [6, 6.07) is 0. The topological polar surface area (TPSA) is 67.2 Å². The summed E-state index contributed by atoms with van der Waals surface area (Å²) in [6.45, 7) is 7.71. The molecule has 6 nitrogen and oxygen atoms in total. The second-order valence-corrected chi connectivity index (χ2v) is 6.86. The number of H-pyrrole nitrogens is 1. The predicted octanol–water partition coefficient (Wildman–Crippen LogP) is 2.59. The SMILES string of the molecule is CC(C)c1ocnc1CN1CCc2[nH]cnc2C12CCOCC2. The van der Waals surface area contributed by atoms with E-state index >= 15 is 0 Å². The highest BCUT2D eigenvalue weighted by Gasteiger charge is 2.46. The van der Waals surface area contributed by atoms with E-state index in [-0.39, 0.29) is 5.54 Å². The molecule has 1 saturated heterocycles. The maximum atomic E-state index is 5.64. The van der Waals surface area contributed by atoms with Crippen molar-refractivity contribution >= 4 is 0 Å². The van der Waals surface area contributed by atoms with Crippen molar-refractivity contribution in [1.82, 2.24) is 19.9 Å². The summed E-state index contributed by atoms with van der Waals surface area (Å²) >= 11 is 0. The molecule has 1 fully saturated rings. The molecule has 23 heavy (non-hydrogen) atoms. The van der Waals surface area contributed by atoms with Crippen LogP contribution in [0.3, 0.4) is 0 Å². The van der Waals surface area contributed by atoms with Crippen molar-refractivity contribution in [2.24, 2.45) is 0 Å². The first-order valence-corrected chi connectivity index (χ1v) is 8.48. The van der Waals surface area contributed by atoms with Crippen LogP contribution in [-0.2, 0) is 23.2 Å². The Labute approximate surface area is 136 Å². The molecule has 4 heterocycles. The Bertz CT molecular complexity index is 670. The van der Waals surface area contributed by atoms with E-state index in [4.69, 9.17) is 9.15 Å². The maximum absolute atomic E-state index is 5.64. The van der Waals surface area contributed by atoms with Gasteiger partial charge in [-0.25, -0.2) is 9.97 Å². The quantitative estimate of drug-likeness (QED) is 0.942. The zero-order valence-electron chi connectivity index (χ0n) is 13.8. The van der Waals surface area contributed by atoms with E-state index in [0.29, 0.717) is 5.92 Å². The summed E-state index contributed by atoms with van der Waals surface area (Å²) in [5.74, 6) is 1.35. The molecule has 0 aromatic carbocycles. The Morgan fingerprint density at radius 1 is 1.30 bits per heavy atom. The van der Waals surface area contributed by atoms with Gasteiger partial charge >= 0.3 is 0 Å². The molecule has 0 aliphatic carbocycles. The zero-order chi connectivity index (χ0) is 15.9. The van der Waals surface area contributed by atoms with Crippen molar-refractivity contribution in [1.29, 1.82) is 0 Å². The van der Waals surface area contributed by atoms with Gasteiger partial charge in [0.15, 0.2) is 6.39 Å². The van der Waals surface area contributed by atoms with Crippen LogP contribution in [0.2, 0.25) is 0 Å². The monoisotopic (exact) mass is 316 g/mol. The first kappa shape index (κ1) is 14.9. The number of hydrogen-bond acceptors (Lipinski definition) is 5. The van der Waals surface area contributed by atoms with E-state index in [1.165, 1.54) is 11.4 Å². The molecule has 6 heteroatoms. The number of aromatic nitrogens is 3. The van der Waals surface area contributed by atoms with E-state index in [9.17, 15) is 0 Å². The Balaban J connectivity index is 1.68. The van der Waals surface area contributed by atoms with Crippen molar-refractivity contribution in [3.05, 3.63) is 35.6 Å². The number of ether oxygens (including phenoxy) is 1. The van der Waals surface area contributed by atoms with Crippen molar-refractivity contribution in [3.8, 4) is 0 Å². The second kappa shape index (κ2) is 5.76. The number of aromatic amines is 1. The molecular weight excluding hydrogens is 292 g/mol. The minimum Gasteiger partial charge on any atom is -0.448 e. The lowest BCUT2D eigenvalue weighted by Gasteiger charge is -2.48. The van der Waals surface area contributed by atoms with E-state index in [0.717, 1.165) is 57.0 Å². The molecule has 2 aromatic rings. The first-order chi connectivity index (χ1) is 11.2. The number of fused-ring (bicyclic) bond motifs is 2. The molecule has 0 radical (unpaired) electrons. The highest BCUT2D eigenvalue weighted by Crippen LogP contribution is 2.42. The van der Waals surface area contributed by atoms with E-state index in [1.807, 2.05) is 6.33 Å². The van der Waals surface area contributed by atoms with Crippen molar-refractivity contribution in [2.45, 2.75) is 51.1 Å². The van der Waals surface area contributed by atoms with Gasteiger partial charge in [-0.05, 0) is 12.8 Å². The van der Waals surface area contributed by atoms with Crippen LogP contribution in [0.4, 0.5) is 0 Å². The summed E-state index contributed by atoms with van der Waals surface area (Å²) < 4.78 is 11.2. The van der Waals surface area contributed by atoms with Gasteiger partial charge < -0.3 is 14.1 Å². The molecule has 0 unspecified atom stereocenters. The Hall–Kier alpha value is -1.66. The summed E-state index contributed by atoms with van der Waals surface area (Å²) in [6.07, 6.45) is 6.39. The minimum absolute atomic E-state index is 0.0287. The molecule has 0 amide bonds. The third-order valence-electron chi connectivity index (χ3n) is 5.25. The van der Waals surface area contributed by atoms with Crippen LogP contribution in [0.1, 0.15) is 55.4 Å². The largest absolute Gasteiger partial charge is 0.448 e. The molecule has 0 bridgehead atoms. The predicted molar refractivity (Wildman–Crippen MR) is 85.0 cm³/mol. The fourth-order valence-electron chi connectivity index (χ4n) is 4.06. The van der Waals surface area contributed by atoms with Crippen LogP contribution in [0.15, 0.2) is 17.1 Å². The molecular formula is C17H24N4O2. The van der Waals surface area contributed by atoms with E-state index in [2.05, 4.69) is 33.7 Å². The number of rotatable bonds is 3. The Morgan fingerprint density at radius 3 is 2.91 bits per heavy atom. The van der Waals surface area contributed by atoms with Crippen molar-refractivity contribution < 1.29 is 9.15 Å². The van der Waals surface area contributed by atoms with E-state index in [1.54, 1.807) is 6.39 Å². The molecule has 1 spiro atoms. The van der Waals surface area contributed by atoms with Gasteiger partial charge in [0, 0.05) is 44.3 Å². The molecule has 4 rings (SSSR count). The number of imidazole rings is 1. The lowest BCUT2D eigenvalue weighted by atomic mass is 9.80. The number of nitrogens with one attached hydrogen (secondary N) is 1. The number of oxazole rings is 1. The normalized spacial score (nSPS) is 21.0. The lowest BCUT2D eigenvalue weighted by Crippen LogP contribution is -2.53. The maximum Gasteiger partial charge on any atom is 0.181 e. The van der Waals surface area contributed by atoms with Gasteiger partial charge in [-0.3, -0.25) is 4.90 Å². The van der Waals surface area contributed by atoms with Gasteiger partial charge in [-0.2, -0.15) is 0 Å². The summed E-state index contributed by atoms with van der Waals surface area (Å²) in [5, 5.41) is 0. The smallest absolute Gasteiger partial charge is 0.181 e. The molecule has 0 atom stereocenters. The van der Waals surface area contributed by atoms with Gasteiger partial charge in [0.1, 0.15) is 5.76 Å². The van der Waals surface area contributed by atoms with Gasteiger partial charge in [0.25, 0.3) is 0 Å². The van der Waals surface area contributed by atoms with Crippen LogP contribution in [0.5, 0.6) is 0 Å². The van der Waals surface area contributed by atoms with Crippen LogP contribution < -0.4 is 0 Å². The van der Waals surface area contributed by atoms with Gasteiger partial charge in [0.2, 0.25) is 0 Å². The highest BCUT2D eigenvalue weighted by atomic mass is 16.5. The summed E-state index contributed by atoms with van der Waals surface area (Å²) in [4.78, 5) is 15.0. The Kier molecular flexibility index (Phi) is 3.73. The number of hydrogen-bond donors (Lipinski definition) is 1. The third kappa shape index (κ3) is 2.40. The highest BCUT2D eigenvalue weighted by molar-refractivity contribution is 5.27. The van der Waals surface area contributed by atoms with Gasteiger partial charge in [-0.15, -0.1) is 0 Å². The van der Waals surface area contributed by atoms with Gasteiger partial charge in [0.05, 0.1) is 23.3 Å². The summed E-state index contributed by atoms with van der Waals surface area (Å²) in [5.41, 5.74) is 3.53. The molecule has 2 aliphatic rings. The standard InChI is InChI=1S/C17H24N4O2/c1-12(2)15-14(20-11-23-15)9-21-6-3-13-16(19-10-18-13)17(21)4-7-22-8-5-17/h10-12H,3-9H2,1-2H3,(H,18,19). The summed E-state index contributed by atoms with van der Waals surface area (Å²) in [7, 11) is 0. The molecule has 0 saturated carbocycles. The van der Waals surface area contributed by atoms with Gasteiger partial charge in [-0.1, -0.05) is 13.8 Å². The number of nitrogens with zero attached hydrogens (tertiary/aromatic N) is 3. The lowest BCUT2D eigenvalue weighted by molar-refractivity contribution is -0.0456. The molecule has 2 aliphatic heterocycles. The average Bonchev–Trinajstić information content (AvgIpc) is 3.21. The van der Waals surface area contributed by atoms with Crippen LogP contribution in [0.25, 0.3) is 0 Å². The van der Waals surface area contributed by atoms with Crippen LogP contribution in [-0.4, -0.2) is 39.6 Å². The molecule has 2 aromatic heterocycles. The van der Waals surface area contributed by atoms with Crippen LogP contribution in [0, 0.1) is 0 Å². The molecule has 124 valence electrons. The third-order valence-corrected chi connectivity index (χ3v) is 5.25. The van der Waals surface area contributed by atoms with E-state index < -0.39 is 0 Å². The fraction of sp³-hybridized carbons (Fsp3) is 0.647. The Morgan fingerprint density at radius 2 is 2.13 bits per heavy atom. The average molecular weight is 316 g/mol. The zero-order valence-corrected chi connectivity index (χ0v) is 13.8.